The number of nitrogens with one attached hydrogen (secondary N) is 1. The maximum Gasteiger partial charge on any atom is 0.203 e. The van der Waals surface area contributed by atoms with Crippen molar-refractivity contribution in [2.24, 2.45) is 0 Å². The third-order valence-electron chi connectivity index (χ3n) is 4.08. The van der Waals surface area contributed by atoms with Crippen LogP contribution < -0.4 is 14.2 Å². The van der Waals surface area contributed by atoms with Crippen molar-refractivity contribution in [1.82, 2.24) is 10.2 Å². The first-order valence-corrected chi connectivity index (χ1v) is 7.03. The van der Waals surface area contributed by atoms with Gasteiger partial charge in [0, 0.05) is 23.6 Å². The molecule has 6 nitrogen and oxygen atoms in total. The van der Waals surface area contributed by atoms with Crippen molar-refractivity contribution in [2.75, 3.05) is 21.3 Å². The Morgan fingerprint density at radius 3 is 2.55 bits per heavy atom. The third-order valence-corrected chi connectivity index (χ3v) is 4.08. The van der Waals surface area contributed by atoms with Crippen LogP contribution in [0.25, 0.3) is 0 Å². The fourth-order valence-electron chi connectivity index (χ4n) is 3.03. The van der Waals surface area contributed by atoms with Crippen LogP contribution in [0.3, 0.4) is 0 Å². The number of nitrogens with zero attached hydrogens (tertiary/aromatic N) is 1. The number of ketones is 1. The lowest BCUT2D eigenvalue weighted by molar-refractivity contribution is 0.0963. The van der Waals surface area contributed by atoms with Crippen LogP contribution in [-0.2, 0) is 6.42 Å². The summed E-state index contributed by atoms with van der Waals surface area (Å²) in [4.78, 5) is 12.3. The molecule has 1 aliphatic rings. The Bertz CT molecular complexity index is 708. The summed E-state index contributed by atoms with van der Waals surface area (Å²) < 4.78 is 16.2. The molecule has 1 atom stereocenters. The largest absolute Gasteiger partial charge is 0.493 e. The van der Waals surface area contributed by atoms with Gasteiger partial charge < -0.3 is 14.2 Å². The Balaban J connectivity index is 2.04. The molecule has 0 aliphatic heterocycles. The van der Waals surface area contributed by atoms with Crippen LogP contribution in [0.15, 0.2) is 18.3 Å². The molecule has 1 unspecified atom stereocenters. The maximum absolute atomic E-state index is 12.3. The fraction of sp³-hybridized carbons (Fsp3) is 0.375. The van der Waals surface area contributed by atoms with Gasteiger partial charge in [0.2, 0.25) is 5.75 Å². The molecule has 0 saturated carbocycles. The standard InChI is InChI=1S/C16H18N2O4/c1-20-14-5-4-10(15(21-2)16(14)22-3)9-6-12-11(8-17-18-12)13(19)7-9/h4-5,8-9H,6-7H2,1-3H3,(H,17,18). The highest BCUT2D eigenvalue weighted by atomic mass is 16.5. The average Bonchev–Trinajstić information content (AvgIpc) is 3.02. The van der Waals surface area contributed by atoms with Crippen molar-refractivity contribution in [3.05, 3.63) is 35.2 Å². The molecule has 0 fully saturated rings. The van der Waals surface area contributed by atoms with Crippen molar-refractivity contribution < 1.29 is 19.0 Å². The smallest absolute Gasteiger partial charge is 0.203 e. The Morgan fingerprint density at radius 1 is 1.09 bits per heavy atom. The summed E-state index contributed by atoms with van der Waals surface area (Å²) in [5, 5.41) is 6.87. The van der Waals surface area contributed by atoms with Gasteiger partial charge >= 0.3 is 0 Å². The van der Waals surface area contributed by atoms with E-state index in [2.05, 4.69) is 10.2 Å². The van der Waals surface area contributed by atoms with E-state index >= 15 is 0 Å². The number of hydrogen-bond acceptors (Lipinski definition) is 5. The number of H-pyrrole nitrogens is 1. The summed E-state index contributed by atoms with van der Waals surface area (Å²) in [5.74, 6) is 1.88. The van der Waals surface area contributed by atoms with Gasteiger partial charge in [-0.3, -0.25) is 9.89 Å². The van der Waals surface area contributed by atoms with Gasteiger partial charge in [0.1, 0.15) is 0 Å². The molecule has 0 radical (unpaired) electrons. The minimum absolute atomic E-state index is 0.0233. The molecule has 0 saturated heterocycles. The van der Waals surface area contributed by atoms with Gasteiger partial charge in [-0.2, -0.15) is 5.10 Å². The molecular formula is C16H18N2O4. The number of fused-ring (bicyclic) bond motifs is 1. The van der Waals surface area contributed by atoms with Crippen LogP contribution in [0.5, 0.6) is 17.2 Å². The molecule has 0 amide bonds. The first-order valence-electron chi connectivity index (χ1n) is 7.03. The lowest BCUT2D eigenvalue weighted by Crippen LogP contribution is -2.18. The summed E-state index contributed by atoms with van der Waals surface area (Å²) in [6.45, 7) is 0. The SMILES string of the molecule is COc1ccc(C2CC(=O)c3cn[nH]c3C2)c(OC)c1OC. The number of ether oxygens (including phenoxy) is 3. The number of aromatic nitrogens is 2. The van der Waals surface area contributed by atoms with Gasteiger partial charge in [-0.15, -0.1) is 0 Å². The highest BCUT2D eigenvalue weighted by Crippen LogP contribution is 2.45. The number of carbonyl (C=O) groups excluding carboxylic acids is 1. The van der Waals surface area contributed by atoms with E-state index in [1.54, 1.807) is 27.5 Å². The molecule has 1 aliphatic carbocycles. The predicted octanol–water partition coefficient (Wildman–Crippen LogP) is 2.35. The molecule has 2 aromatic rings. The van der Waals surface area contributed by atoms with Gasteiger partial charge in [-0.05, 0) is 12.5 Å². The summed E-state index contributed by atoms with van der Waals surface area (Å²) in [5.41, 5.74) is 2.50. The van der Waals surface area contributed by atoms with Crippen molar-refractivity contribution in [3.8, 4) is 17.2 Å². The summed E-state index contributed by atoms with van der Waals surface area (Å²) >= 11 is 0. The Hall–Kier alpha value is -2.50. The molecule has 1 aromatic carbocycles. The van der Waals surface area contributed by atoms with E-state index in [1.165, 1.54) is 0 Å². The van der Waals surface area contributed by atoms with Crippen LogP contribution in [0.4, 0.5) is 0 Å². The van der Waals surface area contributed by atoms with Crippen molar-refractivity contribution in [3.63, 3.8) is 0 Å². The van der Waals surface area contributed by atoms with E-state index in [-0.39, 0.29) is 11.7 Å². The molecule has 6 heteroatoms. The second kappa shape index (κ2) is 5.71. The molecular weight excluding hydrogens is 284 g/mol. The first kappa shape index (κ1) is 14.4. The first-order chi connectivity index (χ1) is 10.7. The lowest BCUT2D eigenvalue weighted by atomic mass is 9.82. The summed E-state index contributed by atoms with van der Waals surface area (Å²) in [7, 11) is 4.74. The topological polar surface area (TPSA) is 73.4 Å². The van der Waals surface area contributed by atoms with Crippen LogP contribution >= 0.6 is 0 Å². The molecule has 0 spiro atoms. The molecule has 1 aromatic heterocycles. The van der Waals surface area contributed by atoms with Gasteiger partial charge in [0.05, 0.1) is 33.1 Å². The molecule has 0 bridgehead atoms. The van der Waals surface area contributed by atoms with Crippen LogP contribution in [0.1, 0.15) is 34.0 Å². The number of aromatic amines is 1. The van der Waals surface area contributed by atoms with Crippen LogP contribution in [-0.4, -0.2) is 37.3 Å². The number of benzene rings is 1. The maximum atomic E-state index is 12.3. The van der Waals surface area contributed by atoms with Gasteiger partial charge in [-0.25, -0.2) is 0 Å². The molecule has 1 heterocycles. The Kier molecular flexibility index (Phi) is 3.75. The Morgan fingerprint density at radius 2 is 1.86 bits per heavy atom. The van der Waals surface area contributed by atoms with Crippen molar-refractivity contribution in [2.45, 2.75) is 18.8 Å². The minimum Gasteiger partial charge on any atom is -0.493 e. The number of hydrogen-bond donors (Lipinski definition) is 1. The second-order valence-corrected chi connectivity index (χ2v) is 5.21. The predicted molar refractivity (Wildman–Crippen MR) is 80.1 cm³/mol. The quantitative estimate of drug-likeness (QED) is 0.938. The van der Waals surface area contributed by atoms with E-state index in [0.717, 1.165) is 11.3 Å². The normalized spacial score (nSPS) is 17.0. The number of carbonyl (C=O) groups is 1. The average molecular weight is 302 g/mol. The molecule has 3 rings (SSSR count). The summed E-state index contributed by atoms with van der Waals surface area (Å²) in [6.07, 6.45) is 2.74. The van der Waals surface area contributed by atoms with E-state index < -0.39 is 0 Å². The lowest BCUT2D eigenvalue weighted by Gasteiger charge is -2.24. The van der Waals surface area contributed by atoms with Crippen molar-refractivity contribution in [1.29, 1.82) is 0 Å². The second-order valence-electron chi connectivity index (χ2n) is 5.21. The molecule has 1 N–H and O–H groups in total. The number of Topliss-reactive ketones (excluding diaryl/α,β-unsaturated/α-hetero) is 1. The molecule has 116 valence electrons. The van der Waals surface area contributed by atoms with Gasteiger partial charge in [0.25, 0.3) is 0 Å². The van der Waals surface area contributed by atoms with Gasteiger partial charge in [0.15, 0.2) is 17.3 Å². The zero-order valence-corrected chi connectivity index (χ0v) is 12.8. The third kappa shape index (κ3) is 2.20. The minimum atomic E-state index is 0.0233. The molecule has 22 heavy (non-hydrogen) atoms. The van der Waals surface area contributed by atoms with Gasteiger partial charge in [-0.1, -0.05) is 6.07 Å². The van der Waals surface area contributed by atoms with E-state index in [1.807, 2.05) is 12.1 Å². The number of methoxy groups -OCH3 is 3. The monoisotopic (exact) mass is 302 g/mol. The van der Waals surface area contributed by atoms with Crippen LogP contribution in [0.2, 0.25) is 0 Å². The highest BCUT2D eigenvalue weighted by Gasteiger charge is 2.31. The van der Waals surface area contributed by atoms with E-state index in [4.69, 9.17) is 14.2 Å². The summed E-state index contributed by atoms with van der Waals surface area (Å²) in [6, 6.07) is 3.77. The number of rotatable bonds is 4. The van der Waals surface area contributed by atoms with E-state index in [0.29, 0.717) is 35.7 Å². The Labute approximate surface area is 128 Å². The highest BCUT2D eigenvalue weighted by molar-refractivity contribution is 5.98. The van der Waals surface area contributed by atoms with Crippen LogP contribution in [0, 0.1) is 0 Å². The zero-order valence-electron chi connectivity index (χ0n) is 12.8. The fourth-order valence-corrected chi connectivity index (χ4v) is 3.03. The van der Waals surface area contributed by atoms with Crippen molar-refractivity contribution >= 4 is 5.78 Å². The zero-order chi connectivity index (χ0) is 15.7. The van der Waals surface area contributed by atoms with E-state index in [9.17, 15) is 4.79 Å².